The van der Waals surface area contributed by atoms with Crippen molar-refractivity contribution in [1.29, 1.82) is 0 Å². The lowest BCUT2D eigenvalue weighted by atomic mass is 10.1. The van der Waals surface area contributed by atoms with Crippen LogP contribution in [0.3, 0.4) is 0 Å². The van der Waals surface area contributed by atoms with E-state index in [0.717, 1.165) is 6.42 Å². The Morgan fingerprint density at radius 2 is 1.89 bits per heavy atom. The normalized spacial score (nSPS) is 11.2. The molecule has 0 saturated heterocycles. The first kappa shape index (κ1) is 13.0. The third-order valence-corrected chi connectivity index (χ3v) is 3.33. The third kappa shape index (κ3) is 3.28. The molecule has 0 aliphatic heterocycles. The van der Waals surface area contributed by atoms with Gasteiger partial charge in [0.05, 0.1) is 0 Å². The van der Waals surface area contributed by atoms with Gasteiger partial charge in [0, 0.05) is 11.9 Å². The molecule has 18 heavy (non-hydrogen) atoms. The van der Waals surface area contributed by atoms with Crippen LogP contribution in [-0.2, 0) is 6.42 Å². The van der Waals surface area contributed by atoms with Crippen LogP contribution in [0, 0.1) is 6.92 Å². The van der Waals surface area contributed by atoms with Crippen molar-refractivity contribution in [3.63, 3.8) is 0 Å². The van der Waals surface area contributed by atoms with Gasteiger partial charge in [0.25, 0.3) is 5.78 Å². The molecule has 0 unspecified atom stereocenters. The van der Waals surface area contributed by atoms with Gasteiger partial charge >= 0.3 is 0 Å². The van der Waals surface area contributed by atoms with Gasteiger partial charge < -0.3 is 0 Å². The number of aryl methyl sites for hydroxylation is 2. The lowest BCUT2D eigenvalue weighted by Crippen LogP contribution is -2.00. The number of nitrogens with zero attached hydrogens (tertiary/aromatic N) is 4. The zero-order chi connectivity index (χ0) is 12.8. The van der Waals surface area contributed by atoms with Crippen LogP contribution in [0.15, 0.2) is 12.5 Å². The molecule has 0 saturated carbocycles. The summed E-state index contributed by atoms with van der Waals surface area (Å²) in [5, 5.41) is 4.09. The molecule has 0 amide bonds. The monoisotopic (exact) mass is 246 g/mol. The molecule has 0 atom stereocenters. The molecule has 4 nitrogen and oxygen atoms in total. The summed E-state index contributed by atoms with van der Waals surface area (Å²) < 4.78 is 1.74. The number of aromatic nitrogens is 4. The first-order chi connectivity index (χ1) is 8.81. The van der Waals surface area contributed by atoms with Crippen LogP contribution >= 0.6 is 0 Å². The van der Waals surface area contributed by atoms with E-state index in [0.29, 0.717) is 5.78 Å². The highest BCUT2D eigenvalue weighted by molar-refractivity contribution is 5.30. The number of rotatable bonds is 7. The molecule has 0 bridgehead atoms. The second-order valence-corrected chi connectivity index (χ2v) is 4.89. The van der Waals surface area contributed by atoms with E-state index in [4.69, 9.17) is 0 Å². The van der Waals surface area contributed by atoms with E-state index in [1.165, 1.54) is 49.8 Å². The quantitative estimate of drug-likeness (QED) is 0.704. The molecule has 2 aromatic rings. The number of hydrogen-bond acceptors (Lipinski definition) is 3. The molecule has 0 spiro atoms. The first-order valence-corrected chi connectivity index (χ1v) is 6.97. The van der Waals surface area contributed by atoms with Gasteiger partial charge in [-0.3, -0.25) is 0 Å². The van der Waals surface area contributed by atoms with Gasteiger partial charge in [-0.05, 0) is 25.3 Å². The largest absolute Gasteiger partial charge is 0.252 e. The fourth-order valence-electron chi connectivity index (χ4n) is 2.21. The van der Waals surface area contributed by atoms with Crippen molar-refractivity contribution < 1.29 is 0 Å². The zero-order valence-corrected chi connectivity index (χ0v) is 11.4. The molecule has 0 aromatic carbocycles. The van der Waals surface area contributed by atoms with Gasteiger partial charge in [-0.25, -0.2) is 9.50 Å². The molecule has 0 aliphatic rings. The van der Waals surface area contributed by atoms with E-state index >= 15 is 0 Å². The van der Waals surface area contributed by atoms with Crippen molar-refractivity contribution >= 4 is 5.78 Å². The van der Waals surface area contributed by atoms with Crippen molar-refractivity contribution in [2.24, 2.45) is 0 Å². The van der Waals surface area contributed by atoms with Crippen LogP contribution in [0.25, 0.3) is 5.78 Å². The van der Waals surface area contributed by atoms with E-state index in [9.17, 15) is 0 Å². The zero-order valence-electron chi connectivity index (χ0n) is 11.4. The number of hydrogen-bond donors (Lipinski definition) is 0. The average molecular weight is 246 g/mol. The van der Waals surface area contributed by atoms with Crippen molar-refractivity contribution in [3.8, 4) is 0 Å². The second-order valence-electron chi connectivity index (χ2n) is 4.89. The molecule has 98 valence electrons. The van der Waals surface area contributed by atoms with Gasteiger partial charge in [0.15, 0.2) is 0 Å². The number of unbranched alkanes of at least 4 members (excludes halogenated alkanes) is 5. The molecular formula is C14H22N4. The summed E-state index contributed by atoms with van der Waals surface area (Å²) >= 11 is 0. The van der Waals surface area contributed by atoms with Crippen LogP contribution in [0.5, 0.6) is 0 Å². The van der Waals surface area contributed by atoms with Gasteiger partial charge in [-0.1, -0.05) is 39.0 Å². The Kier molecular flexibility index (Phi) is 4.67. The predicted molar refractivity (Wildman–Crippen MR) is 72.6 cm³/mol. The topological polar surface area (TPSA) is 43.1 Å². The van der Waals surface area contributed by atoms with Gasteiger partial charge in [-0.2, -0.15) is 10.1 Å². The van der Waals surface area contributed by atoms with Gasteiger partial charge in [0.1, 0.15) is 6.33 Å². The third-order valence-electron chi connectivity index (χ3n) is 3.33. The average Bonchev–Trinajstić information content (AvgIpc) is 2.80. The smallest absolute Gasteiger partial charge is 0.216 e. The summed E-state index contributed by atoms with van der Waals surface area (Å²) in [7, 11) is 0. The molecule has 0 radical (unpaired) electrons. The van der Waals surface area contributed by atoms with E-state index < -0.39 is 0 Å². The van der Waals surface area contributed by atoms with Crippen molar-refractivity contribution in [2.75, 3.05) is 0 Å². The fourth-order valence-corrected chi connectivity index (χ4v) is 2.21. The molecular weight excluding hydrogens is 224 g/mol. The maximum absolute atomic E-state index is 4.56. The molecule has 2 rings (SSSR count). The van der Waals surface area contributed by atoms with Gasteiger partial charge in [-0.15, -0.1) is 0 Å². The minimum Gasteiger partial charge on any atom is -0.216 e. The van der Waals surface area contributed by atoms with E-state index in [2.05, 4.69) is 28.9 Å². The Bertz CT molecular complexity index is 489. The first-order valence-electron chi connectivity index (χ1n) is 6.97. The minimum absolute atomic E-state index is 0.710. The predicted octanol–water partition coefficient (Wildman–Crippen LogP) is 3.34. The Balaban J connectivity index is 1.85. The Labute approximate surface area is 108 Å². The lowest BCUT2D eigenvalue weighted by Gasteiger charge is -2.05. The molecule has 2 aromatic heterocycles. The molecule has 4 heteroatoms. The highest BCUT2D eigenvalue weighted by atomic mass is 15.3. The lowest BCUT2D eigenvalue weighted by molar-refractivity contribution is 0.603. The molecule has 0 fully saturated rings. The van der Waals surface area contributed by atoms with E-state index in [-0.39, 0.29) is 0 Å². The summed E-state index contributed by atoms with van der Waals surface area (Å²) in [6.07, 6.45) is 12.5. The van der Waals surface area contributed by atoms with Crippen molar-refractivity contribution in [2.45, 2.75) is 58.8 Å². The summed E-state index contributed by atoms with van der Waals surface area (Å²) in [4.78, 5) is 8.69. The Hall–Kier alpha value is -1.45. The summed E-state index contributed by atoms with van der Waals surface area (Å²) in [6, 6.07) is 0. The maximum Gasteiger partial charge on any atom is 0.252 e. The Morgan fingerprint density at radius 3 is 2.72 bits per heavy atom. The van der Waals surface area contributed by atoms with E-state index in [1.807, 2.05) is 6.20 Å². The molecule has 0 N–H and O–H groups in total. The van der Waals surface area contributed by atoms with Crippen LogP contribution in [-0.4, -0.2) is 19.6 Å². The molecule has 0 aliphatic carbocycles. The summed E-state index contributed by atoms with van der Waals surface area (Å²) in [5.74, 6) is 0.710. The second kappa shape index (κ2) is 6.47. The maximum atomic E-state index is 4.56. The highest BCUT2D eigenvalue weighted by Gasteiger charge is 2.04. The van der Waals surface area contributed by atoms with Crippen LogP contribution < -0.4 is 0 Å². The highest BCUT2D eigenvalue weighted by Crippen LogP contribution is 2.12. The fraction of sp³-hybridized carbons (Fsp3) is 0.643. The minimum atomic E-state index is 0.710. The SMILES string of the molecule is CCCCCCCCc1nc2ncnn2cc1C. The summed E-state index contributed by atoms with van der Waals surface area (Å²) in [5.41, 5.74) is 2.38. The van der Waals surface area contributed by atoms with Crippen LogP contribution in [0.4, 0.5) is 0 Å². The van der Waals surface area contributed by atoms with Crippen LogP contribution in [0.1, 0.15) is 56.7 Å². The van der Waals surface area contributed by atoms with Gasteiger partial charge in [0.2, 0.25) is 0 Å². The Morgan fingerprint density at radius 1 is 1.11 bits per heavy atom. The van der Waals surface area contributed by atoms with E-state index in [1.54, 1.807) is 10.8 Å². The van der Waals surface area contributed by atoms with Crippen molar-refractivity contribution in [1.82, 2.24) is 19.6 Å². The molecule has 2 heterocycles. The van der Waals surface area contributed by atoms with Crippen molar-refractivity contribution in [3.05, 3.63) is 23.8 Å². The number of fused-ring (bicyclic) bond motifs is 1. The van der Waals surface area contributed by atoms with Crippen LogP contribution in [0.2, 0.25) is 0 Å². The summed E-state index contributed by atoms with van der Waals surface area (Å²) in [6.45, 7) is 4.35. The standard InChI is InChI=1S/C14H22N4/c1-3-4-5-6-7-8-9-13-12(2)10-18-14(17-13)15-11-16-18/h10-11H,3-9H2,1-2H3.